The summed E-state index contributed by atoms with van der Waals surface area (Å²) in [7, 11) is 1.28. The third kappa shape index (κ3) is 2.93. The molecule has 0 aliphatic carbocycles. The summed E-state index contributed by atoms with van der Waals surface area (Å²) in [5.74, 6) is -0.328. The molecule has 1 N–H and O–H groups in total. The number of ketones is 1. The van der Waals surface area contributed by atoms with Crippen LogP contribution in [0.15, 0.2) is 0 Å². The molecule has 1 fully saturated rings. The Bertz CT molecular complexity index is 290. The minimum atomic E-state index is -0.602. The second-order valence-corrected chi connectivity index (χ2v) is 3.39. The van der Waals surface area contributed by atoms with E-state index in [-0.39, 0.29) is 24.7 Å². The van der Waals surface area contributed by atoms with E-state index in [1.54, 1.807) is 0 Å². The van der Waals surface area contributed by atoms with Crippen LogP contribution in [0.1, 0.15) is 13.3 Å². The Morgan fingerprint density at radius 3 is 2.73 bits per heavy atom. The van der Waals surface area contributed by atoms with E-state index >= 15 is 0 Å². The number of carbonyl (C=O) groups excluding carboxylic acids is 3. The molecular weight excluding hydrogens is 200 g/mol. The first-order valence-electron chi connectivity index (χ1n) is 4.67. The summed E-state index contributed by atoms with van der Waals surface area (Å²) in [5.41, 5.74) is 0. The molecule has 1 atom stereocenters. The van der Waals surface area contributed by atoms with Crippen molar-refractivity contribution >= 4 is 17.8 Å². The lowest BCUT2D eigenvalue weighted by Crippen LogP contribution is -2.54. The van der Waals surface area contributed by atoms with Crippen molar-refractivity contribution in [3.8, 4) is 0 Å². The summed E-state index contributed by atoms with van der Waals surface area (Å²) >= 11 is 0. The van der Waals surface area contributed by atoms with E-state index in [0.717, 1.165) is 0 Å². The van der Waals surface area contributed by atoms with Gasteiger partial charge in [0, 0.05) is 19.9 Å². The van der Waals surface area contributed by atoms with Crippen LogP contribution in [-0.2, 0) is 14.3 Å². The molecule has 0 spiro atoms. The third-order valence-electron chi connectivity index (χ3n) is 2.23. The SMILES string of the molecule is COC(=O)N1CCC(=O)[C@@H](NC(C)=O)C1. The highest BCUT2D eigenvalue weighted by Crippen LogP contribution is 2.07. The first-order chi connectivity index (χ1) is 7.04. The van der Waals surface area contributed by atoms with Crippen LogP contribution in [0.4, 0.5) is 4.79 Å². The van der Waals surface area contributed by atoms with Crippen LogP contribution in [0.5, 0.6) is 0 Å². The van der Waals surface area contributed by atoms with Gasteiger partial charge in [0.1, 0.15) is 6.04 Å². The number of likely N-dealkylation sites (tertiary alicyclic amines) is 1. The predicted octanol–water partition coefficient (Wildman–Crippen LogP) is -0.468. The van der Waals surface area contributed by atoms with Gasteiger partial charge in [-0.2, -0.15) is 0 Å². The Hall–Kier alpha value is -1.59. The van der Waals surface area contributed by atoms with Crippen molar-refractivity contribution in [3.63, 3.8) is 0 Å². The number of methoxy groups -OCH3 is 1. The number of amides is 2. The molecule has 0 aromatic heterocycles. The molecule has 84 valence electrons. The molecule has 1 rings (SSSR count). The highest BCUT2D eigenvalue weighted by Gasteiger charge is 2.30. The number of carbonyl (C=O) groups is 3. The van der Waals surface area contributed by atoms with Gasteiger partial charge in [-0.1, -0.05) is 0 Å². The van der Waals surface area contributed by atoms with E-state index in [0.29, 0.717) is 6.54 Å². The predicted molar refractivity (Wildman–Crippen MR) is 51.2 cm³/mol. The Labute approximate surface area is 87.6 Å². The van der Waals surface area contributed by atoms with Crippen molar-refractivity contribution in [2.75, 3.05) is 20.2 Å². The Morgan fingerprint density at radius 2 is 2.20 bits per heavy atom. The Balaban J connectivity index is 2.59. The van der Waals surface area contributed by atoms with Crippen LogP contribution in [0.25, 0.3) is 0 Å². The average Bonchev–Trinajstić information content (AvgIpc) is 2.19. The number of Topliss-reactive ketones (excluding diaryl/α,β-unsaturated/α-hetero) is 1. The zero-order valence-corrected chi connectivity index (χ0v) is 8.78. The quantitative estimate of drug-likeness (QED) is 0.640. The molecule has 0 bridgehead atoms. The van der Waals surface area contributed by atoms with Crippen molar-refractivity contribution in [1.29, 1.82) is 0 Å². The molecule has 0 aromatic rings. The van der Waals surface area contributed by atoms with Crippen molar-refractivity contribution in [3.05, 3.63) is 0 Å². The topological polar surface area (TPSA) is 75.7 Å². The maximum absolute atomic E-state index is 11.4. The minimum absolute atomic E-state index is 0.0506. The standard InChI is InChI=1S/C9H14N2O4/c1-6(12)10-7-5-11(9(14)15-2)4-3-8(7)13/h7H,3-5H2,1-2H3,(H,10,12)/t7-/m0/s1. The highest BCUT2D eigenvalue weighted by atomic mass is 16.5. The summed E-state index contributed by atoms with van der Waals surface area (Å²) in [4.78, 5) is 34.8. The van der Waals surface area contributed by atoms with Crippen LogP contribution in [0, 0.1) is 0 Å². The summed E-state index contributed by atoms with van der Waals surface area (Å²) in [6, 6.07) is -0.602. The number of hydrogen-bond acceptors (Lipinski definition) is 4. The fourth-order valence-electron chi connectivity index (χ4n) is 1.50. The fourth-order valence-corrected chi connectivity index (χ4v) is 1.50. The molecule has 0 saturated carbocycles. The van der Waals surface area contributed by atoms with E-state index in [9.17, 15) is 14.4 Å². The van der Waals surface area contributed by atoms with Gasteiger partial charge in [0.05, 0.1) is 13.7 Å². The van der Waals surface area contributed by atoms with Gasteiger partial charge in [-0.25, -0.2) is 4.79 Å². The van der Waals surface area contributed by atoms with Crippen LogP contribution in [-0.4, -0.2) is 48.9 Å². The number of nitrogens with one attached hydrogen (secondary N) is 1. The molecular formula is C9H14N2O4. The Kier molecular flexibility index (Phi) is 3.65. The summed E-state index contributed by atoms with van der Waals surface area (Å²) in [6.07, 6.45) is -0.224. The van der Waals surface area contributed by atoms with Gasteiger partial charge >= 0.3 is 6.09 Å². The largest absolute Gasteiger partial charge is 0.453 e. The average molecular weight is 214 g/mol. The second-order valence-electron chi connectivity index (χ2n) is 3.39. The van der Waals surface area contributed by atoms with Crippen LogP contribution >= 0.6 is 0 Å². The molecule has 0 radical (unpaired) electrons. The number of rotatable bonds is 1. The van der Waals surface area contributed by atoms with E-state index in [4.69, 9.17) is 0 Å². The van der Waals surface area contributed by atoms with Gasteiger partial charge < -0.3 is 15.0 Å². The Morgan fingerprint density at radius 1 is 1.53 bits per heavy atom. The second kappa shape index (κ2) is 4.77. The first-order valence-corrected chi connectivity index (χ1v) is 4.67. The van der Waals surface area contributed by atoms with Gasteiger partial charge in [0.2, 0.25) is 5.91 Å². The van der Waals surface area contributed by atoms with Crippen LogP contribution in [0.3, 0.4) is 0 Å². The van der Waals surface area contributed by atoms with Crippen LogP contribution < -0.4 is 5.32 Å². The fraction of sp³-hybridized carbons (Fsp3) is 0.667. The van der Waals surface area contributed by atoms with Crippen molar-refractivity contribution in [1.82, 2.24) is 10.2 Å². The third-order valence-corrected chi connectivity index (χ3v) is 2.23. The van der Waals surface area contributed by atoms with Crippen LogP contribution in [0.2, 0.25) is 0 Å². The molecule has 1 aliphatic heterocycles. The number of nitrogens with zero attached hydrogens (tertiary/aromatic N) is 1. The monoisotopic (exact) mass is 214 g/mol. The van der Waals surface area contributed by atoms with Gasteiger partial charge in [0.25, 0.3) is 0 Å². The van der Waals surface area contributed by atoms with Gasteiger partial charge in [-0.15, -0.1) is 0 Å². The van der Waals surface area contributed by atoms with Gasteiger partial charge in [0.15, 0.2) is 5.78 Å². The first kappa shape index (κ1) is 11.5. The molecule has 6 heteroatoms. The molecule has 0 aromatic carbocycles. The van der Waals surface area contributed by atoms with Gasteiger partial charge in [-0.05, 0) is 0 Å². The molecule has 0 unspecified atom stereocenters. The molecule has 6 nitrogen and oxygen atoms in total. The maximum atomic E-state index is 11.4. The lowest BCUT2D eigenvalue weighted by atomic mass is 10.0. The summed E-state index contributed by atoms with van der Waals surface area (Å²) < 4.78 is 4.54. The molecule has 15 heavy (non-hydrogen) atoms. The lowest BCUT2D eigenvalue weighted by molar-refractivity contribution is -0.128. The summed E-state index contributed by atoms with van der Waals surface area (Å²) in [5, 5.41) is 2.50. The number of hydrogen-bond donors (Lipinski definition) is 1. The molecule has 1 heterocycles. The zero-order valence-electron chi connectivity index (χ0n) is 8.78. The lowest BCUT2D eigenvalue weighted by Gasteiger charge is -2.30. The van der Waals surface area contributed by atoms with Crippen molar-refractivity contribution in [2.45, 2.75) is 19.4 Å². The smallest absolute Gasteiger partial charge is 0.409 e. The number of ether oxygens (including phenoxy) is 1. The highest BCUT2D eigenvalue weighted by molar-refractivity contribution is 5.90. The molecule has 2 amide bonds. The number of piperidine rings is 1. The van der Waals surface area contributed by atoms with E-state index < -0.39 is 12.1 Å². The molecule has 1 saturated heterocycles. The van der Waals surface area contributed by atoms with E-state index in [1.807, 2.05) is 0 Å². The normalized spacial score (nSPS) is 21.1. The van der Waals surface area contributed by atoms with Crippen molar-refractivity contribution in [2.24, 2.45) is 0 Å². The van der Waals surface area contributed by atoms with E-state index in [1.165, 1.54) is 18.9 Å². The summed E-state index contributed by atoms with van der Waals surface area (Å²) in [6.45, 7) is 1.87. The van der Waals surface area contributed by atoms with Crippen molar-refractivity contribution < 1.29 is 19.1 Å². The zero-order chi connectivity index (χ0) is 11.4. The maximum Gasteiger partial charge on any atom is 0.409 e. The minimum Gasteiger partial charge on any atom is -0.453 e. The van der Waals surface area contributed by atoms with E-state index in [2.05, 4.69) is 10.1 Å². The molecule has 1 aliphatic rings. The van der Waals surface area contributed by atoms with Gasteiger partial charge in [-0.3, -0.25) is 9.59 Å².